The van der Waals surface area contributed by atoms with Crippen LogP contribution >= 0.6 is 0 Å². The van der Waals surface area contributed by atoms with E-state index in [2.05, 4.69) is 25.2 Å². The summed E-state index contributed by atoms with van der Waals surface area (Å²) < 4.78 is 0. The average molecular weight is 321 g/mol. The van der Waals surface area contributed by atoms with Gasteiger partial charge in [-0.15, -0.1) is 0 Å². The molecule has 0 fully saturated rings. The number of carboxylic acids is 1. The fourth-order valence-electron chi connectivity index (χ4n) is 2.47. The Morgan fingerprint density at radius 3 is 2.96 bits per heavy atom. The largest absolute Gasteiger partial charge is 0.494 e. The molecule has 0 saturated carbocycles. The predicted octanol–water partition coefficient (Wildman–Crippen LogP) is 2.59. The summed E-state index contributed by atoms with van der Waals surface area (Å²) in [7, 11) is 0. The lowest BCUT2D eigenvalue weighted by molar-refractivity contribution is 0.0696. The zero-order valence-corrected chi connectivity index (χ0v) is 12.2. The molecule has 4 rings (SSSR count). The zero-order valence-electron chi connectivity index (χ0n) is 12.2. The van der Waals surface area contributed by atoms with Crippen molar-refractivity contribution < 1.29 is 15.0 Å². The smallest absolute Gasteiger partial charge is 0.337 e. The Morgan fingerprint density at radius 1 is 1.25 bits per heavy atom. The number of pyridine rings is 1. The number of carboxylic acid groups (broad SMARTS) is 1. The van der Waals surface area contributed by atoms with Crippen molar-refractivity contribution in [2.45, 2.75) is 0 Å². The molecule has 0 unspecified atom stereocenters. The number of H-pyrrole nitrogens is 2. The lowest BCUT2D eigenvalue weighted by atomic mass is 10.2. The van der Waals surface area contributed by atoms with E-state index in [1.807, 2.05) is 18.2 Å². The molecule has 8 heteroatoms. The quantitative estimate of drug-likeness (QED) is 0.431. The zero-order chi connectivity index (χ0) is 16.7. The van der Waals surface area contributed by atoms with Gasteiger partial charge in [-0.05, 0) is 24.3 Å². The molecule has 0 aliphatic heterocycles. The Kier molecular flexibility index (Phi) is 3.02. The van der Waals surface area contributed by atoms with E-state index < -0.39 is 5.97 Å². The maximum Gasteiger partial charge on any atom is 0.337 e. The van der Waals surface area contributed by atoms with E-state index >= 15 is 0 Å². The van der Waals surface area contributed by atoms with Gasteiger partial charge in [-0.25, -0.2) is 9.78 Å². The van der Waals surface area contributed by atoms with E-state index in [1.54, 1.807) is 6.20 Å². The second-order valence-corrected chi connectivity index (χ2v) is 5.21. The van der Waals surface area contributed by atoms with Crippen molar-refractivity contribution in [3.8, 4) is 5.88 Å². The number of nitrogens with zero attached hydrogens (tertiary/aromatic N) is 3. The normalized spacial score (nSPS) is 11.7. The number of aliphatic imine (C=N–C) groups is 1. The van der Waals surface area contributed by atoms with Gasteiger partial charge in [0.15, 0.2) is 5.88 Å². The van der Waals surface area contributed by atoms with Crippen molar-refractivity contribution in [1.29, 1.82) is 0 Å². The van der Waals surface area contributed by atoms with Crippen LogP contribution in [0.1, 0.15) is 15.9 Å². The molecule has 118 valence electrons. The molecule has 0 spiro atoms. The Labute approximate surface area is 134 Å². The van der Waals surface area contributed by atoms with Crippen molar-refractivity contribution in [2.75, 3.05) is 0 Å². The number of hydrogen-bond donors (Lipinski definition) is 4. The van der Waals surface area contributed by atoms with Gasteiger partial charge in [-0.1, -0.05) is 0 Å². The molecule has 0 amide bonds. The van der Waals surface area contributed by atoms with Crippen LogP contribution in [-0.4, -0.2) is 42.6 Å². The first-order valence-electron chi connectivity index (χ1n) is 7.03. The molecular formula is C16H11N5O3. The lowest BCUT2D eigenvalue weighted by Gasteiger charge is -1.96. The molecule has 0 atom stereocenters. The third-order valence-electron chi connectivity index (χ3n) is 3.68. The van der Waals surface area contributed by atoms with Crippen LogP contribution in [0.25, 0.3) is 21.9 Å². The number of benzene rings is 1. The monoisotopic (exact) mass is 321 g/mol. The number of carbonyl (C=O) groups is 1. The number of rotatable bonds is 3. The molecule has 0 radical (unpaired) electrons. The fraction of sp³-hybridized carbons (Fsp3) is 0. The van der Waals surface area contributed by atoms with Crippen molar-refractivity contribution in [3.63, 3.8) is 0 Å². The molecule has 0 bridgehead atoms. The molecule has 3 heterocycles. The first-order chi connectivity index (χ1) is 11.6. The average Bonchev–Trinajstić information content (AvgIpc) is 3.15. The van der Waals surface area contributed by atoms with Gasteiger partial charge in [-0.2, -0.15) is 5.10 Å². The summed E-state index contributed by atoms with van der Waals surface area (Å²) in [6.45, 7) is 0. The number of nitrogens with one attached hydrogen (secondary N) is 2. The maximum atomic E-state index is 11.1. The first kappa shape index (κ1) is 13.9. The summed E-state index contributed by atoms with van der Waals surface area (Å²) in [4.78, 5) is 22.1. The van der Waals surface area contributed by atoms with Crippen LogP contribution in [0.15, 0.2) is 41.7 Å². The number of aromatic nitrogens is 4. The molecule has 8 nitrogen and oxygen atoms in total. The van der Waals surface area contributed by atoms with E-state index in [9.17, 15) is 9.90 Å². The number of aromatic hydroxyl groups is 1. The lowest BCUT2D eigenvalue weighted by Crippen LogP contribution is -1.96. The molecule has 0 aliphatic carbocycles. The molecule has 0 aliphatic rings. The highest BCUT2D eigenvalue weighted by Gasteiger charge is 2.13. The highest BCUT2D eigenvalue weighted by Crippen LogP contribution is 2.26. The van der Waals surface area contributed by atoms with Crippen LogP contribution in [0.5, 0.6) is 5.88 Å². The maximum absolute atomic E-state index is 11.1. The van der Waals surface area contributed by atoms with Crippen LogP contribution < -0.4 is 0 Å². The van der Waals surface area contributed by atoms with E-state index in [1.165, 1.54) is 18.5 Å². The fourth-order valence-corrected chi connectivity index (χ4v) is 2.47. The Bertz CT molecular complexity index is 1110. The number of hydrogen-bond acceptors (Lipinski definition) is 5. The Balaban J connectivity index is 1.78. The number of aromatic amines is 2. The Hall–Kier alpha value is -3.68. The second-order valence-electron chi connectivity index (χ2n) is 5.21. The van der Waals surface area contributed by atoms with Gasteiger partial charge in [0.05, 0.1) is 28.5 Å². The summed E-state index contributed by atoms with van der Waals surface area (Å²) in [5.41, 5.74) is 2.33. The molecule has 24 heavy (non-hydrogen) atoms. The van der Waals surface area contributed by atoms with Crippen molar-refractivity contribution in [3.05, 3.63) is 47.8 Å². The van der Waals surface area contributed by atoms with Gasteiger partial charge in [0.1, 0.15) is 5.65 Å². The second kappa shape index (κ2) is 5.20. The first-order valence-corrected chi connectivity index (χ1v) is 7.03. The van der Waals surface area contributed by atoms with E-state index in [0.29, 0.717) is 22.3 Å². The van der Waals surface area contributed by atoms with Gasteiger partial charge in [0.2, 0.25) is 0 Å². The molecule has 3 aromatic heterocycles. The van der Waals surface area contributed by atoms with Crippen molar-refractivity contribution >= 4 is 39.8 Å². The van der Waals surface area contributed by atoms with Crippen LogP contribution in [0.2, 0.25) is 0 Å². The minimum Gasteiger partial charge on any atom is -0.494 e. The molecule has 4 aromatic rings. The van der Waals surface area contributed by atoms with E-state index in [-0.39, 0.29) is 11.4 Å². The van der Waals surface area contributed by atoms with E-state index in [4.69, 9.17) is 5.11 Å². The van der Waals surface area contributed by atoms with Crippen LogP contribution in [0.3, 0.4) is 0 Å². The van der Waals surface area contributed by atoms with E-state index in [0.717, 1.165) is 10.9 Å². The van der Waals surface area contributed by atoms with Crippen LogP contribution in [-0.2, 0) is 0 Å². The third-order valence-corrected chi connectivity index (χ3v) is 3.68. The molecule has 0 saturated heterocycles. The van der Waals surface area contributed by atoms with Gasteiger partial charge in [0.25, 0.3) is 0 Å². The van der Waals surface area contributed by atoms with Gasteiger partial charge < -0.3 is 15.2 Å². The number of fused-ring (bicyclic) bond motifs is 2. The van der Waals surface area contributed by atoms with Gasteiger partial charge in [-0.3, -0.25) is 10.1 Å². The van der Waals surface area contributed by atoms with Crippen LogP contribution in [0, 0.1) is 0 Å². The van der Waals surface area contributed by atoms with Gasteiger partial charge in [0, 0.05) is 23.2 Å². The van der Waals surface area contributed by atoms with Crippen molar-refractivity contribution in [1.82, 2.24) is 20.2 Å². The molecule has 1 aromatic carbocycles. The van der Waals surface area contributed by atoms with Crippen LogP contribution in [0.4, 0.5) is 5.69 Å². The summed E-state index contributed by atoms with van der Waals surface area (Å²) in [6.07, 6.45) is 4.42. The summed E-state index contributed by atoms with van der Waals surface area (Å²) in [5.74, 6) is -1.20. The summed E-state index contributed by atoms with van der Waals surface area (Å²) in [6, 6.07) is 6.97. The SMILES string of the molecule is O=C(O)c1cnc2[nH]c(O)c(C=Nc3ccc4cn[nH]c4c3)c2c1. The number of aromatic carboxylic acids is 1. The topological polar surface area (TPSA) is 127 Å². The third kappa shape index (κ3) is 2.26. The molecule has 4 N–H and O–H groups in total. The molecular weight excluding hydrogens is 310 g/mol. The summed E-state index contributed by atoms with van der Waals surface area (Å²) >= 11 is 0. The summed E-state index contributed by atoms with van der Waals surface area (Å²) in [5, 5.41) is 27.4. The standard InChI is InChI=1S/C16H11N5O3/c22-15-12(11-3-9(16(23)24)5-18-14(11)20-15)7-17-10-2-1-8-6-19-21-13(8)4-10/h1-7,22H,(H,18,20)(H,19,21)(H,23,24). The van der Waals surface area contributed by atoms with Gasteiger partial charge >= 0.3 is 5.97 Å². The predicted molar refractivity (Wildman–Crippen MR) is 88.1 cm³/mol. The minimum atomic E-state index is -1.09. The highest BCUT2D eigenvalue weighted by molar-refractivity contribution is 6.03. The minimum absolute atomic E-state index is 0.0371. The Morgan fingerprint density at radius 2 is 2.12 bits per heavy atom. The highest BCUT2D eigenvalue weighted by atomic mass is 16.4. The van der Waals surface area contributed by atoms with Crippen molar-refractivity contribution in [2.24, 2.45) is 4.99 Å².